The van der Waals surface area contributed by atoms with Crippen molar-refractivity contribution in [1.29, 1.82) is 0 Å². The highest BCUT2D eigenvalue weighted by Gasteiger charge is 2.10. The van der Waals surface area contributed by atoms with Gasteiger partial charge in [0.05, 0.1) is 15.9 Å². The Morgan fingerprint density at radius 3 is 2.29 bits per heavy atom. The number of aryl methyl sites for hydroxylation is 1. The molecule has 2 N–H and O–H groups in total. The summed E-state index contributed by atoms with van der Waals surface area (Å²) in [6.45, 7) is 0. The van der Waals surface area contributed by atoms with Crippen molar-refractivity contribution in [1.82, 2.24) is 9.78 Å². The highest BCUT2D eigenvalue weighted by Crippen LogP contribution is 2.31. The van der Waals surface area contributed by atoms with Crippen LogP contribution in [0.1, 0.15) is 0 Å². The van der Waals surface area contributed by atoms with Crippen LogP contribution in [0.5, 0.6) is 11.5 Å². The molecule has 3 rings (SSSR count). The average Bonchev–Trinajstić information content (AvgIpc) is 2.85. The highest BCUT2D eigenvalue weighted by atomic mass is 79.9. The first-order valence-electron chi connectivity index (χ1n) is 6.37. The van der Waals surface area contributed by atoms with E-state index in [1.165, 1.54) is 0 Å². The van der Waals surface area contributed by atoms with E-state index in [0.717, 1.165) is 22.5 Å². The summed E-state index contributed by atoms with van der Waals surface area (Å²) in [5.74, 6) is 0.442. The van der Waals surface area contributed by atoms with Gasteiger partial charge in [-0.3, -0.25) is 4.68 Å². The molecule has 106 valence electrons. The van der Waals surface area contributed by atoms with Crippen LogP contribution in [0.2, 0.25) is 0 Å². The lowest BCUT2D eigenvalue weighted by molar-refractivity contribution is 0.472. The number of rotatable bonds is 2. The first kappa shape index (κ1) is 13.7. The Labute approximate surface area is 130 Å². The molecule has 2 aromatic carbocycles. The molecule has 0 saturated heterocycles. The summed E-state index contributed by atoms with van der Waals surface area (Å²) >= 11 is 3.32. The van der Waals surface area contributed by atoms with Crippen molar-refractivity contribution in [2.75, 3.05) is 0 Å². The van der Waals surface area contributed by atoms with Gasteiger partial charge in [-0.2, -0.15) is 5.10 Å². The van der Waals surface area contributed by atoms with Gasteiger partial charge in [-0.05, 0) is 64.5 Å². The first-order chi connectivity index (χ1) is 10.0. The number of nitrogens with zero attached hydrogens (tertiary/aromatic N) is 2. The van der Waals surface area contributed by atoms with E-state index in [1.807, 2.05) is 37.4 Å². The van der Waals surface area contributed by atoms with Crippen LogP contribution in [0.3, 0.4) is 0 Å². The molecule has 0 radical (unpaired) electrons. The van der Waals surface area contributed by atoms with Gasteiger partial charge in [0.2, 0.25) is 0 Å². The Bertz CT molecular complexity index is 795. The summed E-state index contributed by atoms with van der Waals surface area (Å²) in [4.78, 5) is 0. The number of halogens is 1. The third-order valence-corrected chi connectivity index (χ3v) is 3.92. The van der Waals surface area contributed by atoms with Crippen LogP contribution in [0.25, 0.3) is 22.5 Å². The van der Waals surface area contributed by atoms with Gasteiger partial charge in [0.1, 0.15) is 11.5 Å². The Kier molecular flexibility index (Phi) is 3.43. The lowest BCUT2D eigenvalue weighted by Crippen LogP contribution is -1.93. The van der Waals surface area contributed by atoms with Crippen LogP contribution >= 0.6 is 15.9 Å². The van der Waals surface area contributed by atoms with E-state index in [0.29, 0.717) is 4.47 Å². The third-order valence-electron chi connectivity index (χ3n) is 3.29. The van der Waals surface area contributed by atoms with Crippen molar-refractivity contribution in [3.63, 3.8) is 0 Å². The zero-order valence-corrected chi connectivity index (χ0v) is 12.9. The van der Waals surface area contributed by atoms with Crippen LogP contribution in [-0.4, -0.2) is 20.0 Å². The van der Waals surface area contributed by atoms with Crippen molar-refractivity contribution in [3.05, 3.63) is 53.0 Å². The fourth-order valence-electron chi connectivity index (χ4n) is 2.18. The van der Waals surface area contributed by atoms with Gasteiger partial charge in [-0.1, -0.05) is 0 Å². The fourth-order valence-corrected chi connectivity index (χ4v) is 2.56. The molecule has 1 heterocycles. The van der Waals surface area contributed by atoms with Gasteiger partial charge in [0, 0.05) is 18.2 Å². The second kappa shape index (κ2) is 5.26. The van der Waals surface area contributed by atoms with Crippen LogP contribution in [0.15, 0.2) is 53.0 Å². The van der Waals surface area contributed by atoms with Gasteiger partial charge >= 0.3 is 0 Å². The molecule has 21 heavy (non-hydrogen) atoms. The highest BCUT2D eigenvalue weighted by molar-refractivity contribution is 9.10. The zero-order chi connectivity index (χ0) is 15.0. The van der Waals surface area contributed by atoms with Gasteiger partial charge in [-0.25, -0.2) is 0 Å². The third kappa shape index (κ3) is 2.64. The lowest BCUT2D eigenvalue weighted by Gasteiger charge is -2.03. The van der Waals surface area contributed by atoms with Crippen LogP contribution in [0, 0.1) is 0 Å². The summed E-state index contributed by atoms with van der Waals surface area (Å²) in [5, 5.41) is 23.4. The van der Waals surface area contributed by atoms with Crippen molar-refractivity contribution in [2.24, 2.45) is 7.05 Å². The fraction of sp³-hybridized carbons (Fsp3) is 0.0625. The van der Waals surface area contributed by atoms with Crippen LogP contribution < -0.4 is 0 Å². The molecule has 0 aliphatic rings. The monoisotopic (exact) mass is 344 g/mol. The Morgan fingerprint density at radius 2 is 1.62 bits per heavy atom. The van der Waals surface area contributed by atoms with Crippen molar-refractivity contribution < 1.29 is 10.2 Å². The largest absolute Gasteiger partial charge is 0.508 e. The molecule has 4 nitrogen and oxygen atoms in total. The summed E-state index contributed by atoms with van der Waals surface area (Å²) < 4.78 is 2.44. The minimum Gasteiger partial charge on any atom is -0.508 e. The summed E-state index contributed by atoms with van der Waals surface area (Å²) in [6.07, 6.45) is 0. The number of hydrogen-bond donors (Lipinski definition) is 2. The van der Waals surface area contributed by atoms with Crippen molar-refractivity contribution in [3.8, 4) is 34.0 Å². The van der Waals surface area contributed by atoms with Crippen LogP contribution in [0.4, 0.5) is 0 Å². The Morgan fingerprint density at radius 1 is 0.952 bits per heavy atom. The van der Waals surface area contributed by atoms with E-state index < -0.39 is 0 Å². The van der Waals surface area contributed by atoms with Gasteiger partial charge in [-0.15, -0.1) is 0 Å². The second-order valence-corrected chi connectivity index (χ2v) is 5.61. The molecule has 0 aliphatic carbocycles. The normalized spacial score (nSPS) is 10.8. The number of aromatic hydroxyl groups is 2. The molecule has 0 spiro atoms. The first-order valence-corrected chi connectivity index (χ1v) is 7.16. The minimum absolute atomic E-state index is 0.208. The summed E-state index contributed by atoms with van der Waals surface area (Å²) in [6, 6.07) is 14.3. The standard InChI is InChI=1S/C16H13BrN2O2/c1-19-15(11-4-7-16(21)13(17)8-11)9-14(18-19)10-2-5-12(20)6-3-10/h2-9,20-21H,1H3. The molecule has 0 saturated carbocycles. The van der Waals surface area contributed by atoms with Gasteiger partial charge in [0.15, 0.2) is 0 Å². The number of aromatic nitrogens is 2. The van der Waals surface area contributed by atoms with Crippen LogP contribution in [-0.2, 0) is 7.05 Å². The smallest absolute Gasteiger partial charge is 0.129 e. The van der Waals surface area contributed by atoms with Gasteiger partial charge in [0.25, 0.3) is 0 Å². The average molecular weight is 345 g/mol. The Balaban J connectivity index is 2.05. The minimum atomic E-state index is 0.208. The van der Waals surface area contributed by atoms with E-state index in [4.69, 9.17) is 0 Å². The number of benzene rings is 2. The van der Waals surface area contributed by atoms with Crippen molar-refractivity contribution >= 4 is 15.9 Å². The molecule has 0 atom stereocenters. The molecular weight excluding hydrogens is 332 g/mol. The lowest BCUT2D eigenvalue weighted by atomic mass is 10.1. The number of phenolic OH excluding ortho intramolecular Hbond substituents is 2. The number of phenols is 2. The van der Waals surface area contributed by atoms with Gasteiger partial charge < -0.3 is 10.2 Å². The SMILES string of the molecule is Cn1nc(-c2ccc(O)cc2)cc1-c1ccc(O)c(Br)c1. The Hall–Kier alpha value is -2.27. The predicted molar refractivity (Wildman–Crippen MR) is 85.1 cm³/mol. The summed E-state index contributed by atoms with van der Waals surface area (Å²) in [7, 11) is 1.88. The summed E-state index contributed by atoms with van der Waals surface area (Å²) in [5.41, 5.74) is 3.67. The maximum atomic E-state index is 9.58. The van der Waals surface area contributed by atoms with E-state index in [2.05, 4.69) is 21.0 Å². The van der Waals surface area contributed by atoms with E-state index in [9.17, 15) is 10.2 Å². The molecule has 0 amide bonds. The molecule has 3 aromatic rings. The maximum Gasteiger partial charge on any atom is 0.129 e. The quantitative estimate of drug-likeness (QED) is 0.740. The maximum absolute atomic E-state index is 9.58. The zero-order valence-electron chi connectivity index (χ0n) is 11.3. The van der Waals surface area contributed by atoms with E-state index >= 15 is 0 Å². The number of hydrogen-bond acceptors (Lipinski definition) is 3. The molecule has 0 bridgehead atoms. The molecule has 0 unspecified atom stereocenters. The molecule has 0 aliphatic heterocycles. The molecule has 0 fully saturated rings. The van der Waals surface area contributed by atoms with E-state index in [1.54, 1.807) is 22.9 Å². The second-order valence-electron chi connectivity index (χ2n) is 4.75. The van der Waals surface area contributed by atoms with Crippen molar-refractivity contribution in [2.45, 2.75) is 0 Å². The topological polar surface area (TPSA) is 58.3 Å². The van der Waals surface area contributed by atoms with E-state index in [-0.39, 0.29) is 11.5 Å². The molecule has 5 heteroatoms. The predicted octanol–water partition coefficient (Wildman–Crippen LogP) is 3.93. The molecular formula is C16H13BrN2O2. The molecule has 1 aromatic heterocycles.